The molecule has 6 rings (SSSR count). The van der Waals surface area contributed by atoms with Crippen molar-refractivity contribution in [3.63, 3.8) is 0 Å². The molecular formula is C28H20FN3O3S2. The highest BCUT2D eigenvalue weighted by Gasteiger charge is 2.46. The minimum Gasteiger partial charge on any atom is -0.450 e. The molecule has 1 aliphatic heterocycles. The predicted octanol–water partition coefficient (Wildman–Crippen LogP) is 6.44. The van der Waals surface area contributed by atoms with Crippen LogP contribution < -0.4 is 10.3 Å². The van der Waals surface area contributed by atoms with Crippen molar-refractivity contribution >= 4 is 45.1 Å². The van der Waals surface area contributed by atoms with Crippen LogP contribution in [0.4, 0.5) is 9.52 Å². The molecule has 0 unspecified atom stereocenters. The average Bonchev–Trinajstić information content (AvgIpc) is 3.47. The van der Waals surface area contributed by atoms with Crippen molar-refractivity contribution in [2.24, 2.45) is 0 Å². The quantitative estimate of drug-likeness (QED) is 0.193. The fourth-order valence-corrected chi connectivity index (χ4v) is 6.29. The smallest absolute Gasteiger partial charge is 0.297 e. The SMILES string of the molecule is Cc1ccc(CSc2nnc(N3C(=O)c4oc5ccc(C)cc5c(=O)c4[C@@H]3c3ccccc3F)s2)cc1. The second-order valence-electron chi connectivity index (χ2n) is 8.90. The summed E-state index contributed by atoms with van der Waals surface area (Å²) in [5, 5.41) is 9.15. The van der Waals surface area contributed by atoms with E-state index in [0.717, 1.165) is 11.1 Å². The van der Waals surface area contributed by atoms with Gasteiger partial charge in [-0.1, -0.05) is 82.8 Å². The fraction of sp³-hybridized carbons (Fsp3) is 0.143. The summed E-state index contributed by atoms with van der Waals surface area (Å²) < 4.78 is 21.7. The average molecular weight is 530 g/mol. The molecule has 3 aromatic carbocycles. The Hall–Kier alpha value is -3.82. The van der Waals surface area contributed by atoms with E-state index in [0.29, 0.717) is 21.1 Å². The number of rotatable bonds is 5. The van der Waals surface area contributed by atoms with Gasteiger partial charge in [-0.3, -0.25) is 14.5 Å². The van der Waals surface area contributed by atoms with Gasteiger partial charge >= 0.3 is 0 Å². The maximum atomic E-state index is 15.1. The summed E-state index contributed by atoms with van der Waals surface area (Å²) in [4.78, 5) is 28.7. The highest BCUT2D eigenvalue weighted by molar-refractivity contribution is 8.00. The summed E-state index contributed by atoms with van der Waals surface area (Å²) in [6.45, 7) is 3.91. The number of halogens is 1. The van der Waals surface area contributed by atoms with Crippen molar-refractivity contribution < 1.29 is 13.6 Å². The molecule has 1 atom stereocenters. The lowest BCUT2D eigenvalue weighted by atomic mass is 9.98. The predicted molar refractivity (Wildman–Crippen MR) is 143 cm³/mol. The van der Waals surface area contributed by atoms with Gasteiger partial charge in [0.15, 0.2) is 9.77 Å². The highest BCUT2D eigenvalue weighted by Crippen LogP contribution is 2.44. The summed E-state index contributed by atoms with van der Waals surface area (Å²) in [5.74, 6) is -0.488. The number of anilines is 1. The van der Waals surface area contributed by atoms with Gasteiger partial charge in [0.1, 0.15) is 17.4 Å². The standard InChI is InChI=1S/C28H20FN3O3S2/c1-15-7-10-17(11-8-15)14-36-28-31-30-27(37-28)32-23(18-5-3-4-6-20(18)29)22-24(33)19-13-16(2)9-12-21(19)35-25(22)26(32)34/h3-13,23H,14H2,1-2H3/t23-/m0/s1. The molecule has 2 aromatic heterocycles. The molecule has 184 valence electrons. The molecular weight excluding hydrogens is 509 g/mol. The number of hydrogen-bond donors (Lipinski definition) is 0. The molecule has 0 aliphatic carbocycles. The molecule has 0 fully saturated rings. The maximum Gasteiger partial charge on any atom is 0.297 e. The molecule has 9 heteroatoms. The monoisotopic (exact) mass is 529 g/mol. The molecule has 1 aliphatic rings. The van der Waals surface area contributed by atoms with Crippen molar-refractivity contribution in [1.82, 2.24) is 10.2 Å². The molecule has 0 N–H and O–H groups in total. The molecule has 3 heterocycles. The fourth-order valence-electron chi connectivity index (χ4n) is 4.46. The van der Waals surface area contributed by atoms with E-state index < -0.39 is 17.8 Å². The van der Waals surface area contributed by atoms with Gasteiger partial charge in [-0.15, -0.1) is 10.2 Å². The first-order valence-corrected chi connectivity index (χ1v) is 13.4. The Balaban J connectivity index is 1.44. The van der Waals surface area contributed by atoms with E-state index in [1.165, 1.54) is 39.6 Å². The van der Waals surface area contributed by atoms with Gasteiger partial charge in [0, 0.05) is 11.3 Å². The first kappa shape index (κ1) is 23.6. The highest BCUT2D eigenvalue weighted by atomic mass is 32.2. The molecule has 5 aromatic rings. The minimum atomic E-state index is -1.02. The number of aromatic nitrogens is 2. The summed E-state index contributed by atoms with van der Waals surface area (Å²) in [6, 6.07) is 18.5. The van der Waals surface area contributed by atoms with Gasteiger partial charge in [0.2, 0.25) is 10.9 Å². The lowest BCUT2D eigenvalue weighted by molar-refractivity contribution is 0.0970. The van der Waals surface area contributed by atoms with Crippen LogP contribution in [0.15, 0.2) is 80.3 Å². The number of nitrogens with zero attached hydrogens (tertiary/aromatic N) is 3. The summed E-state index contributed by atoms with van der Waals surface area (Å²) in [7, 11) is 0. The number of aryl methyl sites for hydroxylation is 2. The van der Waals surface area contributed by atoms with Gasteiger partial charge in [-0.25, -0.2) is 4.39 Å². The lowest BCUT2D eigenvalue weighted by Crippen LogP contribution is -2.30. The zero-order valence-corrected chi connectivity index (χ0v) is 21.5. The Kier molecular flexibility index (Phi) is 5.89. The number of thioether (sulfide) groups is 1. The van der Waals surface area contributed by atoms with Crippen LogP contribution in [0.25, 0.3) is 11.0 Å². The van der Waals surface area contributed by atoms with Crippen LogP contribution in [0.1, 0.15) is 44.4 Å². The van der Waals surface area contributed by atoms with Crippen LogP contribution in [0.2, 0.25) is 0 Å². The van der Waals surface area contributed by atoms with Crippen molar-refractivity contribution in [1.29, 1.82) is 0 Å². The minimum absolute atomic E-state index is 0.0985. The van der Waals surface area contributed by atoms with E-state index in [1.807, 2.05) is 19.9 Å². The van der Waals surface area contributed by atoms with Crippen LogP contribution >= 0.6 is 23.1 Å². The van der Waals surface area contributed by atoms with Gasteiger partial charge in [-0.05, 0) is 37.6 Å². The zero-order valence-electron chi connectivity index (χ0n) is 19.9. The van der Waals surface area contributed by atoms with Crippen molar-refractivity contribution in [3.8, 4) is 0 Å². The van der Waals surface area contributed by atoms with E-state index in [1.54, 1.807) is 30.3 Å². The molecule has 1 amide bonds. The number of benzene rings is 3. The first-order chi connectivity index (χ1) is 17.9. The van der Waals surface area contributed by atoms with E-state index in [4.69, 9.17) is 4.42 Å². The van der Waals surface area contributed by atoms with Gasteiger partial charge in [0.25, 0.3) is 5.91 Å². The molecule has 0 saturated carbocycles. The van der Waals surface area contributed by atoms with Crippen molar-refractivity contribution in [3.05, 3.63) is 116 Å². The number of hydrogen-bond acceptors (Lipinski definition) is 7. The third-order valence-corrected chi connectivity index (χ3v) is 8.44. The second-order valence-corrected chi connectivity index (χ2v) is 11.1. The molecule has 0 saturated heterocycles. The first-order valence-electron chi connectivity index (χ1n) is 11.6. The Bertz CT molecular complexity index is 1730. The molecule has 0 bridgehead atoms. The largest absolute Gasteiger partial charge is 0.450 e. The van der Waals surface area contributed by atoms with Crippen LogP contribution in [-0.4, -0.2) is 16.1 Å². The van der Waals surface area contributed by atoms with Gasteiger partial charge in [0.05, 0.1) is 10.9 Å². The summed E-state index contributed by atoms with van der Waals surface area (Å²) in [5.41, 5.74) is 3.45. The molecule has 0 radical (unpaired) electrons. The van der Waals surface area contributed by atoms with Gasteiger partial charge in [-0.2, -0.15) is 0 Å². The molecule has 37 heavy (non-hydrogen) atoms. The Morgan fingerprint density at radius 1 is 1.00 bits per heavy atom. The number of carbonyl (C=O) groups excluding carboxylic acids is 1. The normalized spacial score (nSPS) is 14.9. The van der Waals surface area contributed by atoms with Crippen LogP contribution in [0.5, 0.6) is 0 Å². The van der Waals surface area contributed by atoms with E-state index in [9.17, 15) is 9.59 Å². The second kappa shape index (κ2) is 9.24. The van der Waals surface area contributed by atoms with Crippen LogP contribution in [0, 0.1) is 19.7 Å². The third-order valence-electron chi connectivity index (χ3n) is 6.31. The Labute approximate surface area is 219 Å². The third kappa shape index (κ3) is 4.14. The lowest BCUT2D eigenvalue weighted by Gasteiger charge is -2.22. The topological polar surface area (TPSA) is 76.3 Å². The summed E-state index contributed by atoms with van der Waals surface area (Å²) >= 11 is 2.72. The van der Waals surface area contributed by atoms with Crippen molar-refractivity contribution in [2.75, 3.05) is 4.90 Å². The number of fused-ring (bicyclic) bond motifs is 2. The number of carbonyl (C=O) groups is 1. The summed E-state index contributed by atoms with van der Waals surface area (Å²) in [6.07, 6.45) is 0. The van der Waals surface area contributed by atoms with Crippen molar-refractivity contribution in [2.45, 2.75) is 30.0 Å². The zero-order chi connectivity index (χ0) is 25.7. The molecule has 6 nitrogen and oxygen atoms in total. The number of amides is 1. The van der Waals surface area contributed by atoms with Crippen LogP contribution in [-0.2, 0) is 5.75 Å². The Morgan fingerprint density at radius 2 is 1.76 bits per heavy atom. The van der Waals surface area contributed by atoms with E-state index in [2.05, 4.69) is 34.5 Å². The maximum absolute atomic E-state index is 15.1. The van der Waals surface area contributed by atoms with Gasteiger partial charge < -0.3 is 4.42 Å². The van der Waals surface area contributed by atoms with E-state index in [-0.39, 0.29) is 27.4 Å². The van der Waals surface area contributed by atoms with Crippen LogP contribution in [0.3, 0.4) is 0 Å². The Morgan fingerprint density at radius 3 is 2.54 bits per heavy atom. The molecule has 0 spiro atoms. The van der Waals surface area contributed by atoms with E-state index >= 15 is 4.39 Å².